The van der Waals surface area contributed by atoms with E-state index in [1.165, 1.54) is 11.8 Å². The van der Waals surface area contributed by atoms with E-state index in [1.54, 1.807) is 25.2 Å². The zero-order chi connectivity index (χ0) is 25.2. The number of rotatable bonds is 12. The Morgan fingerprint density at radius 1 is 1.06 bits per heavy atom. The Morgan fingerprint density at radius 2 is 1.83 bits per heavy atom. The van der Waals surface area contributed by atoms with E-state index in [-0.39, 0.29) is 11.8 Å². The molecule has 1 N–H and O–H groups in total. The molecular formula is C26H30N2O5S2. The average molecular weight is 515 g/mol. The van der Waals surface area contributed by atoms with Gasteiger partial charge in [0.2, 0.25) is 5.91 Å². The van der Waals surface area contributed by atoms with Gasteiger partial charge in [-0.2, -0.15) is 0 Å². The SMILES string of the molecule is CCOc1ccccc1NC(=O)CCCCCN1C(=O)C(=Cc2ccc(OC)c(OC)c2)SC1=S. The van der Waals surface area contributed by atoms with E-state index in [9.17, 15) is 9.59 Å². The van der Waals surface area contributed by atoms with Gasteiger partial charge in [-0.1, -0.05) is 48.6 Å². The topological polar surface area (TPSA) is 77.1 Å². The first-order valence-electron chi connectivity index (χ1n) is 11.5. The lowest BCUT2D eigenvalue weighted by molar-refractivity contribution is -0.122. The largest absolute Gasteiger partial charge is 0.493 e. The summed E-state index contributed by atoms with van der Waals surface area (Å²) < 4.78 is 16.7. The van der Waals surface area contributed by atoms with Crippen molar-refractivity contribution in [1.29, 1.82) is 0 Å². The number of nitrogens with zero attached hydrogens (tertiary/aromatic N) is 1. The highest BCUT2D eigenvalue weighted by Crippen LogP contribution is 2.35. The summed E-state index contributed by atoms with van der Waals surface area (Å²) in [5, 5.41) is 2.91. The molecule has 0 bridgehead atoms. The minimum Gasteiger partial charge on any atom is -0.493 e. The molecule has 0 aromatic heterocycles. The molecule has 9 heteroatoms. The third kappa shape index (κ3) is 7.22. The lowest BCUT2D eigenvalue weighted by atomic mass is 10.1. The van der Waals surface area contributed by atoms with Crippen LogP contribution in [0.25, 0.3) is 6.08 Å². The summed E-state index contributed by atoms with van der Waals surface area (Å²) in [4.78, 5) is 27.4. The number of hydrogen-bond donors (Lipinski definition) is 1. The number of carbonyl (C=O) groups is 2. The molecule has 0 aliphatic carbocycles. The fourth-order valence-electron chi connectivity index (χ4n) is 3.58. The Hall–Kier alpha value is -3.04. The first-order valence-corrected chi connectivity index (χ1v) is 12.7. The van der Waals surface area contributed by atoms with Gasteiger partial charge in [0, 0.05) is 13.0 Å². The molecule has 1 aliphatic heterocycles. The molecule has 1 saturated heterocycles. The molecule has 2 amide bonds. The maximum Gasteiger partial charge on any atom is 0.266 e. The molecule has 1 aliphatic rings. The quantitative estimate of drug-likeness (QED) is 0.228. The molecule has 186 valence electrons. The van der Waals surface area contributed by atoms with E-state index in [4.69, 9.17) is 26.4 Å². The molecule has 1 fully saturated rings. The smallest absolute Gasteiger partial charge is 0.266 e. The minimum absolute atomic E-state index is 0.0550. The summed E-state index contributed by atoms with van der Waals surface area (Å²) in [5.74, 6) is 1.74. The van der Waals surface area contributed by atoms with E-state index in [2.05, 4.69) is 5.32 Å². The first-order chi connectivity index (χ1) is 17.0. The lowest BCUT2D eigenvalue weighted by Crippen LogP contribution is -2.29. The summed E-state index contributed by atoms with van der Waals surface area (Å²) in [7, 11) is 3.15. The molecule has 7 nitrogen and oxygen atoms in total. The number of unbranched alkanes of at least 4 members (excludes halogenated alkanes) is 2. The number of amides is 2. The highest BCUT2D eigenvalue weighted by Gasteiger charge is 2.31. The minimum atomic E-state index is -0.0972. The number of ether oxygens (including phenoxy) is 3. The Bertz CT molecular complexity index is 1100. The number of para-hydroxylation sites is 2. The number of thioether (sulfide) groups is 1. The van der Waals surface area contributed by atoms with Crippen LogP contribution in [-0.4, -0.2) is 48.4 Å². The van der Waals surface area contributed by atoms with E-state index in [1.807, 2.05) is 49.4 Å². The third-order valence-corrected chi connectivity index (χ3v) is 6.70. The van der Waals surface area contributed by atoms with Gasteiger partial charge < -0.3 is 19.5 Å². The van der Waals surface area contributed by atoms with Crippen LogP contribution in [0.4, 0.5) is 5.69 Å². The normalized spacial score (nSPS) is 14.4. The molecule has 2 aromatic carbocycles. The number of nitrogens with one attached hydrogen (secondary N) is 1. The fraction of sp³-hybridized carbons (Fsp3) is 0.346. The molecule has 0 atom stereocenters. The van der Waals surface area contributed by atoms with Crippen molar-refractivity contribution >= 4 is 51.9 Å². The number of benzene rings is 2. The van der Waals surface area contributed by atoms with Crippen LogP contribution in [0.2, 0.25) is 0 Å². The molecule has 2 aromatic rings. The second kappa shape index (κ2) is 13.2. The summed E-state index contributed by atoms with van der Waals surface area (Å²) in [6.45, 7) is 2.97. The van der Waals surface area contributed by atoms with Crippen LogP contribution in [-0.2, 0) is 9.59 Å². The molecule has 0 radical (unpaired) electrons. The fourth-order valence-corrected chi connectivity index (χ4v) is 4.89. The van der Waals surface area contributed by atoms with Gasteiger partial charge in [-0.3, -0.25) is 14.5 Å². The van der Waals surface area contributed by atoms with E-state index in [0.717, 1.165) is 24.8 Å². The highest BCUT2D eigenvalue weighted by atomic mass is 32.2. The second-order valence-electron chi connectivity index (χ2n) is 7.74. The lowest BCUT2D eigenvalue weighted by Gasteiger charge is -2.14. The summed E-state index contributed by atoms with van der Waals surface area (Å²) in [5.41, 5.74) is 1.51. The van der Waals surface area contributed by atoms with Gasteiger partial charge in [-0.15, -0.1) is 0 Å². The molecule has 3 rings (SSSR count). The average Bonchev–Trinajstić information content (AvgIpc) is 3.12. The van der Waals surface area contributed by atoms with Gasteiger partial charge >= 0.3 is 0 Å². The highest BCUT2D eigenvalue weighted by molar-refractivity contribution is 8.26. The van der Waals surface area contributed by atoms with Crippen molar-refractivity contribution in [3.05, 3.63) is 52.9 Å². The van der Waals surface area contributed by atoms with Crippen molar-refractivity contribution in [2.24, 2.45) is 0 Å². The van der Waals surface area contributed by atoms with Crippen LogP contribution >= 0.6 is 24.0 Å². The first kappa shape index (κ1) is 26.6. The predicted octanol–water partition coefficient (Wildman–Crippen LogP) is 5.50. The van der Waals surface area contributed by atoms with Gasteiger partial charge in [0.05, 0.1) is 31.4 Å². The van der Waals surface area contributed by atoms with E-state index >= 15 is 0 Å². The number of methoxy groups -OCH3 is 2. The van der Waals surface area contributed by atoms with Crippen LogP contribution in [0.3, 0.4) is 0 Å². The molecule has 35 heavy (non-hydrogen) atoms. The molecular weight excluding hydrogens is 484 g/mol. The molecule has 1 heterocycles. The van der Waals surface area contributed by atoms with Crippen molar-refractivity contribution in [2.45, 2.75) is 32.6 Å². The van der Waals surface area contributed by atoms with E-state index < -0.39 is 0 Å². The standard InChI is InChI=1S/C26H30N2O5S2/c1-4-33-20-11-8-7-10-19(20)27-24(29)12-6-5-9-15-28-25(30)23(35-26(28)34)17-18-13-14-21(31-2)22(16-18)32-3/h7-8,10-11,13-14,16-17H,4-6,9,12,15H2,1-3H3,(H,27,29). The Balaban J connectivity index is 1.46. The third-order valence-electron chi connectivity index (χ3n) is 5.33. The molecule has 0 unspecified atom stereocenters. The number of anilines is 1. The summed E-state index contributed by atoms with van der Waals surface area (Å²) in [6.07, 6.45) is 4.51. The summed E-state index contributed by atoms with van der Waals surface area (Å²) in [6, 6.07) is 12.9. The van der Waals surface area contributed by atoms with Gasteiger partial charge in [-0.25, -0.2) is 0 Å². The maximum atomic E-state index is 12.9. The van der Waals surface area contributed by atoms with Crippen molar-refractivity contribution < 1.29 is 23.8 Å². The second-order valence-corrected chi connectivity index (χ2v) is 9.41. The number of carbonyl (C=O) groups excluding carboxylic acids is 2. The van der Waals surface area contributed by atoms with Crippen LogP contribution < -0.4 is 19.5 Å². The molecule has 0 spiro atoms. The van der Waals surface area contributed by atoms with Crippen molar-refractivity contribution in [2.75, 3.05) is 32.7 Å². The Kier molecular flexibility index (Phi) is 9.98. The van der Waals surface area contributed by atoms with Crippen LogP contribution in [0, 0.1) is 0 Å². The zero-order valence-corrected chi connectivity index (χ0v) is 21.8. The van der Waals surface area contributed by atoms with Crippen molar-refractivity contribution in [3.8, 4) is 17.2 Å². The maximum absolute atomic E-state index is 12.9. The van der Waals surface area contributed by atoms with Crippen LogP contribution in [0.5, 0.6) is 17.2 Å². The predicted molar refractivity (Wildman–Crippen MR) is 144 cm³/mol. The molecule has 0 saturated carbocycles. The van der Waals surface area contributed by atoms with Crippen molar-refractivity contribution in [1.82, 2.24) is 4.90 Å². The van der Waals surface area contributed by atoms with Crippen LogP contribution in [0.1, 0.15) is 38.2 Å². The Morgan fingerprint density at radius 3 is 2.57 bits per heavy atom. The zero-order valence-electron chi connectivity index (χ0n) is 20.2. The Labute approximate surface area is 215 Å². The number of hydrogen-bond acceptors (Lipinski definition) is 7. The van der Waals surface area contributed by atoms with Gasteiger partial charge in [0.15, 0.2) is 11.5 Å². The summed E-state index contributed by atoms with van der Waals surface area (Å²) >= 11 is 6.73. The monoisotopic (exact) mass is 514 g/mol. The van der Waals surface area contributed by atoms with Crippen LogP contribution in [0.15, 0.2) is 47.4 Å². The number of thiocarbonyl (C=S) groups is 1. The van der Waals surface area contributed by atoms with Gasteiger partial charge in [-0.05, 0) is 55.7 Å². The van der Waals surface area contributed by atoms with E-state index in [0.29, 0.717) is 51.7 Å². The van der Waals surface area contributed by atoms with Gasteiger partial charge in [0.25, 0.3) is 5.91 Å². The van der Waals surface area contributed by atoms with Crippen molar-refractivity contribution in [3.63, 3.8) is 0 Å². The van der Waals surface area contributed by atoms with Gasteiger partial charge in [0.1, 0.15) is 10.1 Å².